The number of hydrogen-bond acceptors (Lipinski definition) is 9. The summed E-state index contributed by atoms with van der Waals surface area (Å²) < 4.78 is 6.20. The lowest BCUT2D eigenvalue weighted by molar-refractivity contribution is -0.111. The molecule has 10 heteroatoms. The van der Waals surface area contributed by atoms with Gasteiger partial charge in [-0.05, 0) is 30.7 Å². The highest BCUT2D eigenvalue weighted by atomic mass is 32.1. The van der Waals surface area contributed by atoms with Crippen LogP contribution in [0.25, 0.3) is 10.2 Å². The predicted molar refractivity (Wildman–Crippen MR) is 116 cm³/mol. The number of nitrogens with zero attached hydrogens (tertiary/aromatic N) is 5. The fourth-order valence-corrected chi connectivity index (χ4v) is 4.20. The normalized spacial score (nSPS) is 15.6. The van der Waals surface area contributed by atoms with E-state index in [1.165, 1.54) is 19.4 Å². The maximum atomic E-state index is 11.5. The number of amides is 1. The van der Waals surface area contributed by atoms with Gasteiger partial charge in [-0.15, -0.1) is 0 Å². The number of carbonyl (C=O) groups is 1. The van der Waals surface area contributed by atoms with Crippen LogP contribution in [-0.2, 0) is 4.79 Å². The van der Waals surface area contributed by atoms with Crippen LogP contribution in [-0.4, -0.2) is 47.1 Å². The quantitative estimate of drug-likeness (QED) is 0.584. The lowest BCUT2D eigenvalue weighted by Crippen LogP contribution is -2.26. The predicted octanol–water partition coefficient (Wildman–Crippen LogP) is 2.78. The molecule has 1 aromatic carbocycles. The van der Waals surface area contributed by atoms with Crippen molar-refractivity contribution >= 4 is 44.2 Å². The van der Waals surface area contributed by atoms with Gasteiger partial charge in [-0.25, -0.2) is 9.97 Å². The summed E-state index contributed by atoms with van der Waals surface area (Å²) in [6, 6.07) is 7.83. The number of nitriles is 1. The fraction of sp³-hybridized carbons (Fsp3) is 0.250. The maximum Gasteiger partial charge on any atom is 0.247 e. The summed E-state index contributed by atoms with van der Waals surface area (Å²) >= 11 is 1.61. The number of benzene rings is 1. The van der Waals surface area contributed by atoms with Crippen molar-refractivity contribution in [2.45, 2.75) is 12.5 Å². The molecule has 1 amide bonds. The van der Waals surface area contributed by atoms with Gasteiger partial charge in [0.25, 0.3) is 0 Å². The summed E-state index contributed by atoms with van der Waals surface area (Å²) in [5.74, 6) is 0.444. The van der Waals surface area contributed by atoms with Crippen molar-refractivity contribution in [1.82, 2.24) is 15.0 Å². The minimum Gasteiger partial charge on any atom is -0.480 e. The molecule has 0 bridgehead atoms. The topological polar surface area (TPSA) is 116 Å². The van der Waals surface area contributed by atoms with Crippen molar-refractivity contribution in [3.8, 4) is 11.9 Å². The number of aromatic nitrogens is 3. The number of methoxy groups -OCH3 is 1. The van der Waals surface area contributed by atoms with Gasteiger partial charge in [0, 0.05) is 24.8 Å². The zero-order valence-electron chi connectivity index (χ0n) is 16.3. The first-order valence-corrected chi connectivity index (χ1v) is 10.1. The number of carbonyl (C=O) groups excluding carboxylic acids is 1. The average molecular weight is 421 g/mol. The largest absolute Gasteiger partial charge is 0.480 e. The molecular weight excluding hydrogens is 402 g/mol. The Morgan fingerprint density at radius 2 is 2.33 bits per heavy atom. The Kier molecular flexibility index (Phi) is 5.45. The van der Waals surface area contributed by atoms with Crippen molar-refractivity contribution in [3.63, 3.8) is 0 Å². The number of nitrogens with one attached hydrogen (secondary N) is 2. The molecule has 1 saturated heterocycles. The summed E-state index contributed by atoms with van der Waals surface area (Å²) in [5, 5.41) is 16.0. The molecule has 30 heavy (non-hydrogen) atoms. The number of fused-ring (bicyclic) bond motifs is 1. The van der Waals surface area contributed by atoms with Crippen LogP contribution in [0.3, 0.4) is 0 Å². The second-order valence-corrected chi connectivity index (χ2v) is 7.69. The van der Waals surface area contributed by atoms with Crippen molar-refractivity contribution in [2.75, 3.05) is 35.7 Å². The van der Waals surface area contributed by atoms with Gasteiger partial charge in [0.15, 0.2) is 5.13 Å². The van der Waals surface area contributed by atoms with Crippen molar-refractivity contribution in [3.05, 3.63) is 42.6 Å². The van der Waals surface area contributed by atoms with E-state index in [2.05, 4.69) is 32.1 Å². The van der Waals surface area contributed by atoms with Gasteiger partial charge in [0.05, 0.1) is 23.5 Å². The molecule has 1 aliphatic heterocycles. The van der Waals surface area contributed by atoms with Gasteiger partial charge in [-0.3, -0.25) is 4.79 Å². The van der Waals surface area contributed by atoms with E-state index in [1.807, 2.05) is 24.3 Å². The Bertz CT molecular complexity index is 1150. The second-order valence-electron chi connectivity index (χ2n) is 6.68. The van der Waals surface area contributed by atoms with E-state index < -0.39 is 0 Å². The lowest BCUT2D eigenvalue weighted by Gasteiger charge is -2.16. The molecule has 0 radical (unpaired) electrons. The van der Waals surface area contributed by atoms with Crippen LogP contribution < -0.4 is 20.3 Å². The van der Waals surface area contributed by atoms with E-state index in [0.717, 1.165) is 34.9 Å². The molecule has 1 unspecified atom stereocenters. The van der Waals surface area contributed by atoms with E-state index in [9.17, 15) is 4.79 Å². The summed E-state index contributed by atoms with van der Waals surface area (Å²) in [7, 11) is 1.48. The Hall–Kier alpha value is -3.71. The monoisotopic (exact) mass is 421 g/mol. The van der Waals surface area contributed by atoms with E-state index in [0.29, 0.717) is 17.2 Å². The third-order valence-electron chi connectivity index (χ3n) is 4.69. The molecule has 2 aromatic heterocycles. The van der Waals surface area contributed by atoms with Crippen LogP contribution in [0.4, 0.5) is 16.8 Å². The highest BCUT2D eigenvalue weighted by Crippen LogP contribution is 2.32. The third kappa shape index (κ3) is 4.01. The minimum atomic E-state index is -0.250. The Morgan fingerprint density at radius 3 is 3.10 bits per heavy atom. The number of hydrogen-bond donors (Lipinski definition) is 2. The number of anilines is 3. The zero-order valence-corrected chi connectivity index (χ0v) is 17.1. The van der Waals surface area contributed by atoms with E-state index >= 15 is 0 Å². The fourth-order valence-electron chi connectivity index (χ4n) is 3.22. The SMILES string of the molecule is C=CC(=O)Nc1ccc2sc(N3CCC(Nc4ncc(C#N)c(OC)n4)C3)nc2c1. The van der Waals surface area contributed by atoms with Crippen LogP contribution in [0.1, 0.15) is 12.0 Å². The molecule has 0 spiro atoms. The molecule has 4 rings (SSSR count). The van der Waals surface area contributed by atoms with Crippen molar-refractivity contribution < 1.29 is 9.53 Å². The molecule has 3 heterocycles. The third-order valence-corrected chi connectivity index (χ3v) is 5.79. The van der Waals surface area contributed by atoms with Gasteiger partial charge in [-0.2, -0.15) is 10.2 Å². The van der Waals surface area contributed by atoms with E-state index in [1.54, 1.807) is 11.3 Å². The van der Waals surface area contributed by atoms with Gasteiger partial charge in [-0.1, -0.05) is 17.9 Å². The van der Waals surface area contributed by atoms with E-state index in [4.69, 9.17) is 15.0 Å². The van der Waals surface area contributed by atoms with E-state index in [-0.39, 0.29) is 17.8 Å². The maximum absolute atomic E-state index is 11.5. The lowest BCUT2D eigenvalue weighted by atomic mass is 10.3. The van der Waals surface area contributed by atoms with Crippen LogP contribution in [0.15, 0.2) is 37.1 Å². The van der Waals surface area contributed by atoms with Crippen molar-refractivity contribution in [2.24, 2.45) is 0 Å². The van der Waals surface area contributed by atoms with Crippen molar-refractivity contribution in [1.29, 1.82) is 5.26 Å². The molecule has 152 valence electrons. The Balaban J connectivity index is 1.45. The molecule has 1 aliphatic rings. The molecule has 1 atom stereocenters. The average Bonchev–Trinajstić information content (AvgIpc) is 3.40. The van der Waals surface area contributed by atoms with Gasteiger partial charge < -0.3 is 20.3 Å². The molecule has 0 saturated carbocycles. The summed E-state index contributed by atoms with van der Waals surface area (Å²) in [6.45, 7) is 5.07. The number of ether oxygens (including phenoxy) is 1. The van der Waals surface area contributed by atoms with Gasteiger partial charge in [0.1, 0.15) is 11.6 Å². The standard InChI is InChI=1S/C20H19N7O2S/c1-3-17(28)23-13-4-5-16-15(8-13)25-20(30-16)27-7-6-14(11-27)24-19-22-10-12(9-21)18(26-19)29-2/h3-5,8,10,14H,1,6-7,11H2,2H3,(H,23,28)(H,22,24,26). The molecule has 3 aromatic rings. The van der Waals surface area contributed by atoms with Crippen LogP contribution >= 0.6 is 11.3 Å². The first-order chi connectivity index (χ1) is 14.6. The number of thiazole rings is 1. The molecule has 0 aliphatic carbocycles. The summed E-state index contributed by atoms with van der Waals surface area (Å²) in [5.41, 5.74) is 1.83. The zero-order chi connectivity index (χ0) is 21.1. The minimum absolute atomic E-state index is 0.150. The van der Waals surface area contributed by atoms with Crippen LogP contribution in [0.2, 0.25) is 0 Å². The first kappa shape index (κ1) is 19.6. The van der Waals surface area contributed by atoms with Gasteiger partial charge >= 0.3 is 0 Å². The first-order valence-electron chi connectivity index (χ1n) is 9.26. The van der Waals surface area contributed by atoms with Crippen LogP contribution in [0, 0.1) is 11.3 Å². The highest BCUT2D eigenvalue weighted by molar-refractivity contribution is 7.22. The van der Waals surface area contributed by atoms with Crippen LogP contribution in [0.5, 0.6) is 5.88 Å². The smallest absolute Gasteiger partial charge is 0.247 e. The summed E-state index contributed by atoms with van der Waals surface area (Å²) in [4.78, 5) is 26.9. The highest BCUT2D eigenvalue weighted by Gasteiger charge is 2.26. The molecule has 1 fully saturated rings. The molecule has 9 nitrogen and oxygen atoms in total. The molecule has 2 N–H and O–H groups in total. The van der Waals surface area contributed by atoms with Gasteiger partial charge in [0.2, 0.25) is 17.7 Å². The summed E-state index contributed by atoms with van der Waals surface area (Å²) in [6.07, 6.45) is 3.60. The Morgan fingerprint density at radius 1 is 1.47 bits per heavy atom. The Labute approximate surface area is 177 Å². The number of rotatable bonds is 6. The molecular formula is C20H19N7O2S. The second kappa shape index (κ2) is 8.34.